The van der Waals surface area contributed by atoms with Gasteiger partial charge in [-0.15, -0.1) is 10.2 Å². The number of piperidine rings is 1. The molecule has 10 nitrogen and oxygen atoms in total. The van der Waals surface area contributed by atoms with E-state index < -0.39 is 30.4 Å². The summed E-state index contributed by atoms with van der Waals surface area (Å²) < 4.78 is 39.6. The summed E-state index contributed by atoms with van der Waals surface area (Å²) >= 11 is 0. The number of aromatic hydroxyl groups is 2. The molecule has 1 aromatic heterocycles. The molecule has 4 rings (SSSR count). The van der Waals surface area contributed by atoms with Gasteiger partial charge in [-0.2, -0.15) is 13.2 Å². The minimum Gasteiger partial charge on any atom is -0.508 e. The number of aromatic nitrogens is 3. The Morgan fingerprint density at radius 1 is 1.05 bits per heavy atom. The van der Waals surface area contributed by atoms with Crippen LogP contribution in [0.15, 0.2) is 36.4 Å². The van der Waals surface area contributed by atoms with Crippen LogP contribution < -0.4 is 5.32 Å². The summed E-state index contributed by atoms with van der Waals surface area (Å²) in [6.07, 6.45) is -3.52. The second-order valence-corrected chi connectivity index (χ2v) is 10.1. The molecule has 2 heterocycles. The third kappa shape index (κ3) is 6.53. The molecule has 0 atom stereocenters. The van der Waals surface area contributed by atoms with Crippen molar-refractivity contribution in [3.05, 3.63) is 53.3 Å². The zero-order valence-corrected chi connectivity index (χ0v) is 21.9. The molecule has 1 amide bonds. The molecular formula is C27H30F3N5O5. The molecule has 1 aliphatic rings. The van der Waals surface area contributed by atoms with Gasteiger partial charge in [0.05, 0.1) is 11.5 Å². The van der Waals surface area contributed by atoms with Gasteiger partial charge in [0.2, 0.25) is 5.82 Å². The Bertz CT molecular complexity index is 1380. The molecule has 1 fully saturated rings. The average Bonchev–Trinajstić information content (AvgIpc) is 3.32. The highest BCUT2D eigenvalue weighted by molar-refractivity contribution is 5.92. The Hall–Kier alpha value is -4.13. The third-order valence-electron chi connectivity index (χ3n) is 6.86. The first-order valence-electron chi connectivity index (χ1n) is 12.7. The molecule has 1 saturated heterocycles. The van der Waals surface area contributed by atoms with Crippen LogP contribution in [0.2, 0.25) is 0 Å². The smallest absolute Gasteiger partial charge is 0.405 e. The predicted octanol–water partition coefficient (Wildman–Crippen LogP) is 4.06. The van der Waals surface area contributed by atoms with E-state index in [4.69, 9.17) is 0 Å². The Balaban J connectivity index is 1.68. The number of nitrogens with zero attached hydrogens (tertiary/aromatic N) is 4. The number of carboxylic acid groups (broad SMARTS) is 1. The Labute approximate surface area is 228 Å². The van der Waals surface area contributed by atoms with Crippen LogP contribution >= 0.6 is 0 Å². The minimum atomic E-state index is -4.63. The van der Waals surface area contributed by atoms with E-state index in [1.54, 1.807) is 29.6 Å². The number of benzene rings is 2. The van der Waals surface area contributed by atoms with Gasteiger partial charge in [0.15, 0.2) is 5.82 Å². The lowest BCUT2D eigenvalue weighted by molar-refractivity contribution is -0.143. The number of carbonyl (C=O) groups excluding carboxylic acids is 1. The van der Waals surface area contributed by atoms with Crippen molar-refractivity contribution >= 4 is 11.9 Å². The minimum absolute atomic E-state index is 0.0000478. The zero-order valence-electron chi connectivity index (χ0n) is 21.9. The molecular weight excluding hydrogens is 531 g/mol. The molecule has 2 aromatic carbocycles. The van der Waals surface area contributed by atoms with Crippen LogP contribution in [0.4, 0.5) is 13.2 Å². The monoisotopic (exact) mass is 561 g/mol. The largest absolute Gasteiger partial charge is 0.508 e. The molecule has 3 aromatic rings. The summed E-state index contributed by atoms with van der Waals surface area (Å²) in [5.74, 6) is -3.28. The molecule has 0 bridgehead atoms. The van der Waals surface area contributed by atoms with Crippen LogP contribution in [-0.4, -0.2) is 72.7 Å². The van der Waals surface area contributed by atoms with E-state index in [0.29, 0.717) is 43.7 Å². The van der Waals surface area contributed by atoms with Crippen molar-refractivity contribution in [1.82, 2.24) is 25.0 Å². The number of amides is 1. The number of hydrogen-bond acceptors (Lipinski definition) is 7. The van der Waals surface area contributed by atoms with E-state index in [-0.39, 0.29) is 34.7 Å². The van der Waals surface area contributed by atoms with Crippen LogP contribution in [-0.2, 0) is 11.3 Å². The fraction of sp³-hybridized carbons (Fsp3) is 0.407. The third-order valence-corrected chi connectivity index (χ3v) is 6.86. The molecule has 0 aliphatic carbocycles. The number of nitrogens with one attached hydrogen (secondary N) is 1. The van der Waals surface area contributed by atoms with Crippen molar-refractivity contribution in [2.75, 3.05) is 19.6 Å². The summed E-state index contributed by atoms with van der Waals surface area (Å²) in [5.41, 5.74) is 1.90. The second-order valence-electron chi connectivity index (χ2n) is 10.1. The highest BCUT2D eigenvalue weighted by Gasteiger charge is 2.31. The van der Waals surface area contributed by atoms with Crippen LogP contribution in [0.5, 0.6) is 11.5 Å². The first-order valence-corrected chi connectivity index (χ1v) is 12.7. The number of hydrogen-bond donors (Lipinski definition) is 4. The molecule has 0 unspecified atom stereocenters. The number of likely N-dealkylation sites (tertiary alicyclic amines) is 1. The molecule has 13 heteroatoms. The maximum absolute atomic E-state index is 12.8. The van der Waals surface area contributed by atoms with Gasteiger partial charge in [-0.1, -0.05) is 26.0 Å². The molecule has 4 N–H and O–H groups in total. The standard InChI is InChI=1S/C27H30F3N5O5/c1-15(2)19-11-20(22(37)12-21(19)36)23-32-33-24(25(38)31-14-27(28,29)30)35(23)18-5-3-16(4-6-18)13-34-9-7-17(8-10-34)26(39)40/h3-6,11-12,15,17,36-37H,7-10,13-14H2,1-2H3,(H,31,38)(H,39,40). The highest BCUT2D eigenvalue weighted by Crippen LogP contribution is 2.38. The number of alkyl halides is 3. The first-order chi connectivity index (χ1) is 18.8. The maximum Gasteiger partial charge on any atom is 0.405 e. The lowest BCUT2D eigenvalue weighted by atomic mass is 9.97. The number of carboxylic acids is 1. The number of phenolic OH excluding ortho intramolecular Hbond substituents is 2. The maximum atomic E-state index is 12.8. The van der Waals surface area contributed by atoms with Crippen LogP contribution in [0, 0.1) is 5.92 Å². The Kier molecular flexibility index (Phi) is 8.33. The van der Waals surface area contributed by atoms with Gasteiger partial charge in [-0.05, 0) is 61.2 Å². The summed E-state index contributed by atoms with van der Waals surface area (Å²) in [7, 11) is 0. The lowest BCUT2D eigenvalue weighted by Gasteiger charge is -2.30. The van der Waals surface area contributed by atoms with E-state index in [2.05, 4.69) is 15.1 Å². The molecule has 0 spiro atoms. The van der Waals surface area contributed by atoms with Crippen molar-refractivity contribution in [2.45, 2.75) is 45.3 Å². The van der Waals surface area contributed by atoms with Crippen molar-refractivity contribution in [3.63, 3.8) is 0 Å². The Morgan fingerprint density at radius 3 is 2.27 bits per heavy atom. The number of phenols is 2. The van der Waals surface area contributed by atoms with Gasteiger partial charge in [0, 0.05) is 18.3 Å². The van der Waals surface area contributed by atoms with Crippen molar-refractivity contribution in [3.8, 4) is 28.6 Å². The molecule has 1 aliphatic heterocycles. The summed E-state index contributed by atoms with van der Waals surface area (Å²) in [6.45, 7) is 3.94. The topological polar surface area (TPSA) is 141 Å². The lowest BCUT2D eigenvalue weighted by Crippen LogP contribution is -2.35. The van der Waals surface area contributed by atoms with Crippen molar-refractivity contribution in [2.24, 2.45) is 5.92 Å². The zero-order chi connectivity index (χ0) is 29.2. The van der Waals surface area contributed by atoms with Crippen LogP contribution in [0.25, 0.3) is 17.1 Å². The summed E-state index contributed by atoms with van der Waals surface area (Å²) in [5, 5.41) is 39.8. The molecule has 214 valence electrons. The normalized spacial score (nSPS) is 14.9. The summed E-state index contributed by atoms with van der Waals surface area (Å²) in [6, 6.07) is 9.54. The van der Waals surface area contributed by atoms with E-state index in [1.165, 1.54) is 10.6 Å². The Morgan fingerprint density at radius 2 is 1.70 bits per heavy atom. The van der Waals surface area contributed by atoms with E-state index in [0.717, 1.165) is 11.6 Å². The molecule has 0 radical (unpaired) electrons. The van der Waals surface area contributed by atoms with Crippen LogP contribution in [0.1, 0.15) is 54.4 Å². The molecule has 0 saturated carbocycles. The second kappa shape index (κ2) is 11.5. The van der Waals surface area contributed by atoms with Crippen molar-refractivity contribution < 1.29 is 38.1 Å². The van der Waals surface area contributed by atoms with Gasteiger partial charge in [-0.25, -0.2) is 0 Å². The number of carbonyl (C=O) groups is 2. The predicted molar refractivity (Wildman–Crippen MR) is 138 cm³/mol. The summed E-state index contributed by atoms with van der Waals surface area (Å²) in [4.78, 5) is 26.1. The number of rotatable bonds is 8. The van der Waals surface area contributed by atoms with E-state index >= 15 is 0 Å². The molecule has 40 heavy (non-hydrogen) atoms. The SMILES string of the molecule is CC(C)c1cc(-c2nnc(C(=O)NCC(F)(F)F)n2-c2ccc(CN3CCC(C(=O)O)CC3)cc2)c(O)cc1O. The van der Waals surface area contributed by atoms with Gasteiger partial charge in [-0.3, -0.25) is 19.1 Å². The van der Waals surface area contributed by atoms with E-state index in [1.807, 2.05) is 13.8 Å². The first kappa shape index (κ1) is 28.9. The fourth-order valence-electron chi connectivity index (χ4n) is 4.69. The van der Waals surface area contributed by atoms with Gasteiger partial charge >= 0.3 is 12.1 Å². The fourth-order valence-corrected chi connectivity index (χ4v) is 4.69. The van der Waals surface area contributed by atoms with Crippen molar-refractivity contribution in [1.29, 1.82) is 0 Å². The van der Waals surface area contributed by atoms with Gasteiger partial charge in [0.1, 0.15) is 18.0 Å². The van der Waals surface area contributed by atoms with Gasteiger partial charge < -0.3 is 20.6 Å². The quantitative estimate of drug-likeness (QED) is 0.323. The number of aliphatic carboxylic acids is 1. The van der Waals surface area contributed by atoms with Crippen LogP contribution in [0.3, 0.4) is 0 Å². The van der Waals surface area contributed by atoms with Gasteiger partial charge in [0.25, 0.3) is 5.91 Å². The average molecular weight is 562 g/mol. The number of halogens is 3. The highest BCUT2D eigenvalue weighted by atomic mass is 19.4. The van der Waals surface area contributed by atoms with E-state index in [9.17, 15) is 38.1 Å².